The van der Waals surface area contributed by atoms with Crippen LogP contribution >= 0.6 is 11.6 Å². The number of nitrogens with zero attached hydrogens (tertiary/aromatic N) is 2. The van der Waals surface area contributed by atoms with Crippen molar-refractivity contribution in [3.63, 3.8) is 0 Å². The van der Waals surface area contributed by atoms with Gasteiger partial charge < -0.3 is 4.74 Å². The minimum absolute atomic E-state index is 0.439. The average Bonchev–Trinajstić information content (AvgIpc) is 2.97. The van der Waals surface area contributed by atoms with E-state index in [0.29, 0.717) is 11.6 Å². The van der Waals surface area contributed by atoms with Crippen molar-refractivity contribution in [2.75, 3.05) is 0 Å². The van der Waals surface area contributed by atoms with Crippen LogP contribution < -0.4 is 9.14 Å². The van der Waals surface area contributed by atoms with Crippen molar-refractivity contribution in [2.45, 2.75) is 6.61 Å². The molecule has 22 heavy (non-hydrogen) atoms. The summed E-state index contributed by atoms with van der Waals surface area (Å²) in [6.45, 7) is 0.439. The largest absolute Gasteiger partial charge is 0.483 e. The molecule has 3 aromatic heterocycles. The highest BCUT2D eigenvalue weighted by atomic mass is 35.5. The lowest BCUT2D eigenvalue weighted by Gasteiger charge is -2.07. The molecule has 0 unspecified atom stereocenters. The van der Waals surface area contributed by atoms with Crippen molar-refractivity contribution in [1.29, 1.82) is 0 Å². The Labute approximate surface area is 132 Å². The number of hydrogen-bond acceptors (Lipinski definition) is 2. The lowest BCUT2D eigenvalue weighted by molar-refractivity contribution is -0.510. The number of aromatic amines is 1. The maximum Gasteiger partial charge on any atom is 0.284 e. The van der Waals surface area contributed by atoms with Gasteiger partial charge in [0.1, 0.15) is 17.5 Å². The monoisotopic (exact) mass is 310 g/mol. The van der Waals surface area contributed by atoms with E-state index in [9.17, 15) is 0 Å². The number of aromatic nitrogens is 3. The van der Waals surface area contributed by atoms with Gasteiger partial charge in [-0.15, -0.1) is 0 Å². The van der Waals surface area contributed by atoms with Crippen LogP contribution in [0.25, 0.3) is 16.6 Å². The summed E-state index contributed by atoms with van der Waals surface area (Å²) >= 11 is 6.19. The van der Waals surface area contributed by atoms with Crippen LogP contribution in [-0.4, -0.2) is 9.97 Å². The zero-order valence-electron chi connectivity index (χ0n) is 11.7. The van der Waals surface area contributed by atoms with Crippen LogP contribution in [0.5, 0.6) is 5.75 Å². The second-order valence-electron chi connectivity index (χ2n) is 5.01. The molecule has 0 saturated heterocycles. The van der Waals surface area contributed by atoms with Gasteiger partial charge in [-0.2, -0.15) is 0 Å². The van der Waals surface area contributed by atoms with Crippen molar-refractivity contribution >= 4 is 28.2 Å². The molecule has 1 aromatic carbocycles. The second-order valence-corrected chi connectivity index (χ2v) is 5.41. The standard InChI is InChI=1S/C17H12ClN3O/c18-14-6-7-15(17-13(14)4-3-8-19-17)22-11-12-10-21-9-2-1-5-16(21)20-12/h1-10H,11H2/p+1. The summed E-state index contributed by atoms with van der Waals surface area (Å²) in [6, 6.07) is 13.5. The Morgan fingerprint density at radius 1 is 1.14 bits per heavy atom. The van der Waals surface area contributed by atoms with E-state index in [1.54, 1.807) is 6.20 Å². The fourth-order valence-corrected chi connectivity index (χ4v) is 2.71. The molecule has 1 N–H and O–H groups in total. The number of pyridine rings is 2. The molecule has 0 aliphatic rings. The van der Waals surface area contributed by atoms with E-state index >= 15 is 0 Å². The Kier molecular flexibility index (Phi) is 3.16. The highest BCUT2D eigenvalue weighted by Crippen LogP contribution is 2.29. The first kappa shape index (κ1) is 13.1. The van der Waals surface area contributed by atoms with Crippen LogP contribution in [0.15, 0.2) is 61.1 Å². The van der Waals surface area contributed by atoms with Gasteiger partial charge in [0.2, 0.25) is 0 Å². The van der Waals surface area contributed by atoms with Gasteiger partial charge in [-0.1, -0.05) is 17.7 Å². The Morgan fingerprint density at radius 3 is 3.00 bits per heavy atom. The SMILES string of the molecule is Clc1ccc(OCc2c[n+]3ccccc3[nH]2)c2ncccc12. The van der Waals surface area contributed by atoms with Crippen LogP contribution in [0.1, 0.15) is 5.69 Å². The van der Waals surface area contributed by atoms with Crippen molar-refractivity contribution in [3.8, 4) is 5.75 Å². The highest BCUT2D eigenvalue weighted by molar-refractivity contribution is 6.35. The lowest BCUT2D eigenvalue weighted by Crippen LogP contribution is -2.16. The number of benzene rings is 1. The Morgan fingerprint density at radius 2 is 2.09 bits per heavy atom. The molecule has 0 saturated carbocycles. The van der Waals surface area contributed by atoms with E-state index in [4.69, 9.17) is 16.3 Å². The van der Waals surface area contributed by atoms with Crippen molar-refractivity contribution in [1.82, 2.24) is 9.97 Å². The zero-order chi connectivity index (χ0) is 14.9. The molecule has 0 aliphatic heterocycles. The highest BCUT2D eigenvalue weighted by Gasteiger charge is 2.11. The van der Waals surface area contributed by atoms with Gasteiger partial charge in [-0.3, -0.25) is 4.98 Å². The number of H-pyrrole nitrogens is 1. The van der Waals surface area contributed by atoms with Crippen molar-refractivity contribution < 1.29 is 9.14 Å². The molecule has 0 radical (unpaired) electrons. The number of rotatable bonds is 3. The molecule has 4 aromatic rings. The number of imidazole rings is 1. The first-order valence-corrected chi connectivity index (χ1v) is 7.33. The number of nitrogens with one attached hydrogen (secondary N) is 1. The number of hydrogen-bond donors (Lipinski definition) is 1. The van der Waals surface area contributed by atoms with Gasteiger partial charge in [-0.25, -0.2) is 9.38 Å². The summed E-state index contributed by atoms with van der Waals surface area (Å²) in [4.78, 5) is 7.69. The number of fused-ring (bicyclic) bond motifs is 2. The summed E-state index contributed by atoms with van der Waals surface area (Å²) in [5, 5.41) is 1.57. The van der Waals surface area contributed by atoms with Crippen LogP contribution in [-0.2, 0) is 6.61 Å². The third kappa shape index (κ3) is 2.27. The third-order valence-electron chi connectivity index (χ3n) is 3.54. The third-order valence-corrected chi connectivity index (χ3v) is 3.87. The van der Waals surface area contributed by atoms with E-state index in [1.165, 1.54) is 0 Å². The summed E-state index contributed by atoms with van der Waals surface area (Å²) < 4.78 is 7.95. The molecule has 0 bridgehead atoms. The average molecular weight is 311 g/mol. The van der Waals surface area contributed by atoms with Gasteiger partial charge in [0.15, 0.2) is 12.3 Å². The molecule has 0 fully saturated rings. The molecular weight excluding hydrogens is 298 g/mol. The summed E-state index contributed by atoms with van der Waals surface area (Å²) in [5.41, 5.74) is 2.80. The fraction of sp³-hybridized carbons (Fsp3) is 0.0588. The van der Waals surface area contributed by atoms with Gasteiger partial charge >= 0.3 is 0 Å². The number of halogens is 1. The lowest BCUT2D eigenvalue weighted by atomic mass is 10.2. The van der Waals surface area contributed by atoms with Crippen LogP contribution in [0.2, 0.25) is 5.02 Å². The van der Waals surface area contributed by atoms with E-state index in [-0.39, 0.29) is 0 Å². The molecule has 0 aliphatic carbocycles. The summed E-state index contributed by atoms with van der Waals surface area (Å²) in [6.07, 6.45) is 5.75. The molecule has 108 valence electrons. The van der Waals surface area contributed by atoms with E-state index in [1.807, 2.05) is 59.3 Å². The molecule has 0 amide bonds. The van der Waals surface area contributed by atoms with Gasteiger partial charge in [0.05, 0.1) is 11.2 Å². The maximum absolute atomic E-state index is 6.19. The van der Waals surface area contributed by atoms with E-state index in [0.717, 1.165) is 28.0 Å². The minimum Gasteiger partial charge on any atom is -0.483 e. The molecular formula is C17H13ClN3O+. The predicted octanol–water partition coefficient (Wildman–Crippen LogP) is 3.53. The molecule has 4 nitrogen and oxygen atoms in total. The summed E-state index contributed by atoms with van der Waals surface area (Å²) in [5.74, 6) is 0.726. The predicted molar refractivity (Wildman–Crippen MR) is 85.0 cm³/mol. The minimum atomic E-state index is 0.439. The zero-order valence-corrected chi connectivity index (χ0v) is 12.4. The molecule has 5 heteroatoms. The number of ether oxygens (including phenoxy) is 1. The smallest absolute Gasteiger partial charge is 0.284 e. The first-order chi connectivity index (χ1) is 10.8. The second kappa shape index (κ2) is 5.31. The normalized spacial score (nSPS) is 11.1. The summed E-state index contributed by atoms with van der Waals surface area (Å²) in [7, 11) is 0. The van der Waals surface area contributed by atoms with Crippen molar-refractivity contribution in [2.24, 2.45) is 0 Å². The molecule has 0 spiro atoms. The fourth-order valence-electron chi connectivity index (χ4n) is 2.50. The Bertz CT molecular complexity index is 931. The van der Waals surface area contributed by atoms with Crippen molar-refractivity contribution in [3.05, 3.63) is 71.8 Å². The van der Waals surface area contributed by atoms with Gasteiger partial charge in [-0.05, 0) is 30.3 Å². The first-order valence-electron chi connectivity index (χ1n) is 6.95. The van der Waals surface area contributed by atoms with Crippen LogP contribution in [0.3, 0.4) is 0 Å². The van der Waals surface area contributed by atoms with E-state index in [2.05, 4.69) is 9.97 Å². The van der Waals surface area contributed by atoms with Gasteiger partial charge in [0, 0.05) is 17.6 Å². The molecule has 0 atom stereocenters. The topological polar surface area (TPSA) is 42.0 Å². The van der Waals surface area contributed by atoms with E-state index < -0.39 is 0 Å². The Balaban J connectivity index is 1.65. The Hall–Kier alpha value is -2.59. The maximum atomic E-state index is 6.19. The quantitative estimate of drug-likeness (QED) is 0.588. The van der Waals surface area contributed by atoms with Gasteiger partial charge in [0.25, 0.3) is 5.65 Å². The van der Waals surface area contributed by atoms with Crippen LogP contribution in [0, 0.1) is 0 Å². The molecule has 4 rings (SSSR count). The molecule has 3 heterocycles. The van der Waals surface area contributed by atoms with Crippen LogP contribution in [0.4, 0.5) is 0 Å².